The van der Waals surface area contributed by atoms with E-state index in [2.05, 4.69) is 4.98 Å². The van der Waals surface area contributed by atoms with E-state index in [1.54, 1.807) is 55.8 Å². The van der Waals surface area contributed by atoms with Gasteiger partial charge in [0, 0.05) is 43.7 Å². The van der Waals surface area contributed by atoms with Crippen LogP contribution in [0, 0.1) is 0 Å². The van der Waals surface area contributed by atoms with Gasteiger partial charge in [-0.25, -0.2) is 0 Å². The van der Waals surface area contributed by atoms with Gasteiger partial charge in [-0.15, -0.1) is 0 Å². The Labute approximate surface area is 128 Å². The molecule has 0 saturated carbocycles. The smallest absolute Gasteiger partial charge is 0.308 e. The number of likely N-dealkylation sites (N-methyl/N-ethyl adjacent to an activating group) is 1. The molecule has 0 N–H and O–H groups in total. The lowest BCUT2D eigenvalue weighted by atomic mass is 10.2. The summed E-state index contributed by atoms with van der Waals surface area (Å²) in [6, 6.07) is 10.5. The molecule has 0 aliphatic heterocycles. The van der Waals surface area contributed by atoms with E-state index in [9.17, 15) is 9.59 Å². The van der Waals surface area contributed by atoms with Crippen LogP contribution in [0.25, 0.3) is 6.08 Å². The summed E-state index contributed by atoms with van der Waals surface area (Å²) in [6.45, 7) is 1.34. The number of pyridine rings is 1. The quantitative estimate of drug-likeness (QED) is 0.494. The number of anilines is 1. The summed E-state index contributed by atoms with van der Waals surface area (Å²) in [5, 5.41) is 0. The minimum absolute atomic E-state index is 0.191. The van der Waals surface area contributed by atoms with Crippen LogP contribution in [0.2, 0.25) is 0 Å². The fourth-order valence-electron chi connectivity index (χ4n) is 1.83. The van der Waals surface area contributed by atoms with E-state index in [0.717, 1.165) is 5.69 Å². The van der Waals surface area contributed by atoms with Crippen molar-refractivity contribution in [3.63, 3.8) is 0 Å². The average Bonchev–Trinajstić information content (AvgIpc) is 2.53. The van der Waals surface area contributed by atoms with Crippen molar-refractivity contribution in [1.29, 1.82) is 0 Å². The Morgan fingerprint density at radius 2 is 1.82 bits per heavy atom. The van der Waals surface area contributed by atoms with Crippen molar-refractivity contribution in [2.45, 2.75) is 6.92 Å². The molecule has 1 aromatic heterocycles. The predicted octanol–water partition coefficient (Wildman–Crippen LogP) is 2.68. The van der Waals surface area contributed by atoms with Gasteiger partial charge in [-0.05, 0) is 24.3 Å². The number of carbonyl (C=O) groups excluding carboxylic acids is 2. The SMILES string of the molecule is CC(=O)Oc1ccccc1/C=C/C(=O)N(C)c1ccncc1. The van der Waals surface area contributed by atoms with Gasteiger partial charge in [-0.1, -0.05) is 18.2 Å². The second kappa shape index (κ2) is 7.17. The van der Waals surface area contributed by atoms with E-state index in [-0.39, 0.29) is 5.91 Å². The number of carbonyl (C=O) groups is 2. The molecular weight excluding hydrogens is 280 g/mol. The second-order valence-electron chi connectivity index (χ2n) is 4.57. The van der Waals surface area contributed by atoms with Crippen molar-refractivity contribution in [1.82, 2.24) is 4.98 Å². The molecule has 0 saturated heterocycles. The summed E-state index contributed by atoms with van der Waals surface area (Å²) in [7, 11) is 1.68. The molecule has 112 valence electrons. The Morgan fingerprint density at radius 1 is 1.14 bits per heavy atom. The lowest BCUT2D eigenvalue weighted by Gasteiger charge is -2.14. The molecule has 0 aliphatic rings. The highest BCUT2D eigenvalue weighted by Crippen LogP contribution is 2.20. The van der Waals surface area contributed by atoms with Gasteiger partial charge in [0.1, 0.15) is 5.75 Å². The first kappa shape index (κ1) is 15.4. The minimum Gasteiger partial charge on any atom is -0.426 e. The number of esters is 1. The zero-order chi connectivity index (χ0) is 15.9. The van der Waals surface area contributed by atoms with E-state index < -0.39 is 5.97 Å². The first-order valence-electron chi connectivity index (χ1n) is 6.71. The molecular formula is C17H16N2O3. The van der Waals surface area contributed by atoms with Crippen molar-refractivity contribution in [2.75, 3.05) is 11.9 Å². The van der Waals surface area contributed by atoms with Crippen molar-refractivity contribution < 1.29 is 14.3 Å². The molecule has 0 unspecified atom stereocenters. The van der Waals surface area contributed by atoms with Gasteiger partial charge < -0.3 is 9.64 Å². The van der Waals surface area contributed by atoms with Crippen LogP contribution in [0.1, 0.15) is 12.5 Å². The van der Waals surface area contributed by atoms with Crippen LogP contribution in [-0.4, -0.2) is 23.9 Å². The van der Waals surface area contributed by atoms with Gasteiger partial charge in [0.2, 0.25) is 0 Å². The monoisotopic (exact) mass is 296 g/mol. The van der Waals surface area contributed by atoms with Crippen LogP contribution in [-0.2, 0) is 9.59 Å². The average molecular weight is 296 g/mol. The van der Waals surface area contributed by atoms with Crippen LogP contribution in [0.3, 0.4) is 0 Å². The van der Waals surface area contributed by atoms with Crippen molar-refractivity contribution in [3.8, 4) is 5.75 Å². The number of aromatic nitrogens is 1. The van der Waals surface area contributed by atoms with E-state index in [4.69, 9.17) is 4.74 Å². The van der Waals surface area contributed by atoms with Crippen LogP contribution in [0.4, 0.5) is 5.69 Å². The third kappa shape index (κ3) is 4.02. The summed E-state index contributed by atoms with van der Waals surface area (Å²) in [6.07, 6.45) is 6.30. The van der Waals surface area contributed by atoms with Crippen LogP contribution < -0.4 is 9.64 Å². The Morgan fingerprint density at radius 3 is 2.50 bits per heavy atom. The maximum atomic E-state index is 12.2. The molecule has 2 rings (SSSR count). The third-order valence-electron chi connectivity index (χ3n) is 2.96. The maximum absolute atomic E-state index is 12.2. The van der Waals surface area contributed by atoms with Crippen molar-refractivity contribution in [2.24, 2.45) is 0 Å². The molecule has 1 amide bonds. The third-order valence-corrected chi connectivity index (χ3v) is 2.96. The largest absolute Gasteiger partial charge is 0.426 e. The Bertz CT molecular complexity index is 696. The van der Waals surface area contributed by atoms with Crippen molar-refractivity contribution in [3.05, 3.63) is 60.4 Å². The number of rotatable bonds is 4. The Kier molecular flexibility index (Phi) is 5.03. The van der Waals surface area contributed by atoms with E-state index in [0.29, 0.717) is 11.3 Å². The summed E-state index contributed by atoms with van der Waals surface area (Å²) in [5.74, 6) is -0.171. The number of hydrogen-bond acceptors (Lipinski definition) is 4. The molecule has 5 heteroatoms. The zero-order valence-corrected chi connectivity index (χ0v) is 12.4. The highest BCUT2D eigenvalue weighted by atomic mass is 16.5. The molecule has 0 aliphatic carbocycles. The van der Waals surface area contributed by atoms with E-state index in [1.165, 1.54) is 17.9 Å². The molecule has 22 heavy (non-hydrogen) atoms. The number of benzene rings is 1. The predicted molar refractivity (Wildman–Crippen MR) is 84.4 cm³/mol. The number of hydrogen-bond donors (Lipinski definition) is 0. The van der Waals surface area contributed by atoms with Crippen molar-refractivity contribution >= 4 is 23.6 Å². The Hall–Kier alpha value is -2.95. The molecule has 0 atom stereocenters. The van der Waals surface area contributed by atoms with Gasteiger partial charge in [-0.3, -0.25) is 14.6 Å². The highest BCUT2D eigenvalue weighted by molar-refractivity contribution is 6.03. The summed E-state index contributed by atoms with van der Waals surface area (Å²) in [4.78, 5) is 28.7. The van der Waals surface area contributed by atoms with Crippen LogP contribution in [0.15, 0.2) is 54.9 Å². The van der Waals surface area contributed by atoms with E-state index in [1.807, 2.05) is 6.07 Å². The maximum Gasteiger partial charge on any atom is 0.308 e. The highest BCUT2D eigenvalue weighted by Gasteiger charge is 2.08. The van der Waals surface area contributed by atoms with Gasteiger partial charge in [0.25, 0.3) is 5.91 Å². The summed E-state index contributed by atoms with van der Waals surface area (Å²) < 4.78 is 5.10. The number of ether oxygens (including phenoxy) is 1. The number of nitrogens with zero attached hydrogens (tertiary/aromatic N) is 2. The fraction of sp³-hybridized carbons (Fsp3) is 0.118. The minimum atomic E-state index is -0.402. The second-order valence-corrected chi connectivity index (χ2v) is 4.57. The zero-order valence-electron chi connectivity index (χ0n) is 12.4. The molecule has 1 heterocycles. The topological polar surface area (TPSA) is 59.5 Å². The lowest BCUT2D eigenvalue weighted by Crippen LogP contribution is -2.23. The fourth-order valence-corrected chi connectivity index (χ4v) is 1.83. The molecule has 0 radical (unpaired) electrons. The molecule has 0 spiro atoms. The number of para-hydroxylation sites is 1. The molecule has 0 fully saturated rings. The summed E-state index contributed by atoms with van der Waals surface area (Å²) in [5.41, 5.74) is 1.41. The molecule has 0 bridgehead atoms. The van der Waals surface area contributed by atoms with Crippen LogP contribution in [0.5, 0.6) is 5.75 Å². The van der Waals surface area contributed by atoms with Gasteiger partial charge in [0.15, 0.2) is 0 Å². The first-order valence-corrected chi connectivity index (χ1v) is 6.71. The molecule has 1 aromatic carbocycles. The van der Waals surface area contributed by atoms with Gasteiger partial charge in [-0.2, -0.15) is 0 Å². The first-order chi connectivity index (χ1) is 10.6. The van der Waals surface area contributed by atoms with Gasteiger partial charge >= 0.3 is 5.97 Å². The number of amides is 1. The normalized spacial score (nSPS) is 10.5. The van der Waals surface area contributed by atoms with E-state index >= 15 is 0 Å². The molecule has 2 aromatic rings. The Balaban J connectivity index is 2.15. The molecule has 5 nitrogen and oxygen atoms in total. The van der Waals surface area contributed by atoms with Gasteiger partial charge in [0.05, 0.1) is 0 Å². The van der Waals surface area contributed by atoms with Crippen LogP contribution >= 0.6 is 0 Å². The lowest BCUT2D eigenvalue weighted by molar-refractivity contribution is -0.131. The summed E-state index contributed by atoms with van der Waals surface area (Å²) >= 11 is 0. The standard InChI is InChI=1S/C17H16N2O3/c1-13(20)22-16-6-4-3-5-14(16)7-8-17(21)19(2)15-9-11-18-12-10-15/h3-12H,1-2H3/b8-7+.